The lowest BCUT2D eigenvalue weighted by atomic mass is 9.97. The van der Waals surface area contributed by atoms with Gasteiger partial charge in [-0.15, -0.1) is 0 Å². The molecule has 0 saturated carbocycles. The highest BCUT2D eigenvalue weighted by Gasteiger charge is 2.09. The molecule has 0 amide bonds. The molecule has 3 heteroatoms. The minimum atomic E-state index is -0.441. The van der Waals surface area contributed by atoms with Crippen molar-refractivity contribution >= 4 is 22.8 Å². The first kappa shape index (κ1) is 14.3. The molecular formula is C19H16O3. The minimum Gasteiger partial charge on any atom is -0.422 e. The van der Waals surface area contributed by atoms with Gasteiger partial charge in [0.2, 0.25) is 0 Å². The topological polar surface area (TPSA) is 47.3 Å². The molecule has 1 aliphatic rings. The molecule has 1 aromatic heterocycles. The van der Waals surface area contributed by atoms with E-state index in [1.807, 2.05) is 12.1 Å². The average molecular weight is 292 g/mol. The number of fused-ring (bicyclic) bond motifs is 2. The number of rotatable bonds is 2. The van der Waals surface area contributed by atoms with Gasteiger partial charge in [-0.05, 0) is 62.1 Å². The molecule has 3 nitrogen and oxygen atoms in total. The zero-order chi connectivity index (χ0) is 15.5. The van der Waals surface area contributed by atoms with Crippen LogP contribution in [0.2, 0.25) is 0 Å². The SMILES string of the molecule is CC(=O)/C=C/c1cc2cc3c(cc2oc1=O)C#CCCCC3. The van der Waals surface area contributed by atoms with Crippen molar-refractivity contribution < 1.29 is 9.21 Å². The Kier molecular flexibility index (Phi) is 3.93. The number of allylic oxidation sites excluding steroid dienone is 1. The molecule has 1 heterocycles. The molecule has 0 bridgehead atoms. The summed E-state index contributed by atoms with van der Waals surface area (Å²) in [5.74, 6) is 6.21. The molecule has 0 saturated heterocycles. The van der Waals surface area contributed by atoms with Crippen LogP contribution in [0.25, 0.3) is 17.0 Å². The molecule has 0 spiro atoms. The van der Waals surface area contributed by atoms with Crippen LogP contribution in [0.5, 0.6) is 0 Å². The summed E-state index contributed by atoms with van der Waals surface area (Å²) in [6.07, 6.45) is 7.00. The Morgan fingerprint density at radius 2 is 2.14 bits per heavy atom. The van der Waals surface area contributed by atoms with Crippen molar-refractivity contribution in [3.63, 3.8) is 0 Å². The molecule has 1 aromatic carbocycles. The molecule has 0 aliphatic heterocycles. The lowest BCUT2D eigenvalue weighted by Gasteiger charge is -2.09. The predicted molar refractivity (Wildman–Crippen MR) is 86.6 cm³/mol. The van der Waals surface area contributed by atoms with E-state index in [0.29, 0.717) is 11.1 Å². The van der Waals surface area contributed by atoms with Crippen molar-refractivity contribution in [1.29, 1.82) is 0 Å². The molecule has 0 fully saturated rings. The maximum absolute atomic E-state index is 12.0. The second-order valence-corrected chi connectivity index (χ2v) is 5.49. The fraction of sp³-hybridized carbons (Fsp3) is 0.263. The van der Waals surface area contributed by atoms with Gasteiger partial charge in [0.15, 0.2) is 5.78 Å². The quantitative estimate of drug-likeness (QED) is 0.484. The van der Waals surface area contributed by atoms with Gasteiger partial charge >= 0.3 is 5.63 Å². The van der Waals surface area contributed by atoms with Crippen LogP contribution in [0.3, 0.4) is 0 Å². The Morgan fingerprint density at radius 3 is 2.95 bits per heavy atom. The highest BCUT2D eigenvalue weighted by molar-refractivity contribution is 5.92. The van der Waals surface area contributed by atoms with Crippen LogP contribution in [-0.2, 0) is 11.2 Å². The number of carbonyl (C=O) groups is 1. The number of benzene rings is 1. The molecule has 2 aromatic rings. The molecule has 22 heavy (non-hydrogen) atoms. The Labute approximate surface area is 128 Å². The van der Waals surface area contributed by atoms with E-state index in [1.54, 1.807) is 6.07 Å². The largest absolute Gasteiger partial charge is 0.422 e. The van der Waals surface area contributed by atoms with E-state index in [0.717, 1.165) is 36.6 Å². The molecular weight excluding hydrogens is 276 g/mol. The maximum Gasteiger partial charge on any atom is 0.343 e. The summed E-state index contributed by atoms with van der Waals surface area (Å²) in [5.41, 5.74) is 2.62. The summed E-state index contributed by atoms with van der Waals surface area (Å²) in [6, 6.07) is 5.66. The monoisotopic (exact) mass is 292 g/mol. The van der Waals surface area contributed by atoms with E-state index in [2.05, 4.69) is 11.8 Å². The first-order valence-corrected chi connectivity index (χ1v) is 7.42. The normalized spacial score (nSPS) is 14.0. The van der Waals surface area contributed by atoms with Crippen molar-refractivity contribution in [1.82, 2.24) is 0 Å². The van der Waals surface area contributed by atoms with Gasteiger partial charge in [0.25, 0.3) is 0 Å². The van der Waals surface area contributed by atoms with Crippen LogP contribution < -0.4 is 5.63 Å². The fourth-order valence-electron chi connectivity index (χ4n) is 2.56. The van der Waals surface area contributed by atoms with Crippen LogP contribution in [-0.4, -0.2) is 5.78 Å². The second kappa shape index (κ2) is 6.03. The van der Waals surface area contributed by atoms with Crippen molar-refractivity contribution in [2.45, 2.75) is 32.6 Å². The van der Waals surface area contributed by atoms with Gasteiger partial charge in [-0.3, -0.25) is 4.79 Å². The number of hydrogen-bond acceptors (Lipinski definition) is 3. The summed E-state index contributed by atoms with van der Waals surface area (Å²) in [7, 11) is 0. The van der Waals surface area contributed by atoms with Gasteiger partial charge in [-0.2, -0.15) is 0 Å². The molecule has 0 unspecified atom stereocenters. The summed E-state index contributed by atoms with van der Waals surface area (Å²) >= 11 is 0. The van der Waals surface area contributed by atoms with Crippen molar-refractivity contribution in [3.05, 3.63) is 51.4 Å². The standard InChI is InChI=1S/C19H16O3/c1-13(20)8-9-16-11-17-10-14-6-4-2-3-5-7-15(14)12-18(17)22-19(16)21/h8-12H,2-4,6H2,1H3/b9-8+. The molecule has 0 radical (unpaired) electrons. The van der Waals surface area contributed by atoms with Crippen LogP contribution in [0, 0.1) is 11.8 Å². The van der Waals surface area contributed by atoms with Gasteiger partial charge < -0.3 is 4.42 Å². The molecule has 110 valence electrons. The van der Waals surface area contributed by atoms with Gasteiger partial charge in [-0.1, -0.05) is 11.8 Å². The fourth-order valence-corrected chi connectivity index (χ4v) is 2.56. The molecule has 1 aliphatic carbocycles. The number of ketones is 1. The Bertz CT molecular complexity index is 889. The first-order valence-electron chi connectivity index (χ1n) is 7.42. The van der Waals surface area contributed by atoms with Crippen LogP contribution in [0.15, 0.2) is 33.5 Å². The van der Waals surface area contributed by atoms with E-state index in [4.69, 9.17) is 4.42 Å². The van der Waals surface area contributed by atoms with Crippen LogP contribution >= 0.6 is 0 Å². The zero-order valence-electron chi connectivity index (χ0n) is 12.4. The molecule has 3 rings (SSSR count). The van der Waals surface area contributed by atoms with Gasteiger partial charge in [-0.25, -0.2) is 4.79 Å². The van der Waals surface area contributed by atoms with Crippen molar-refractivity contribution in [2.24, 2.45) is 0 Å². The van der Waals surface area contributed by atoms with Gasteiger partial charge in [0.1, 0.15) is 5.58 Å². The third-order valence-electron chi connectivity index (χ3n) is 3.70. The Balaban J connectivity index is 2.16. The van der Waals surface area contributed by atoms with Crippen molar-refractivity contribution in [3.8, 4) is 11.8 Å². The van der Waals surface area contributed by atoms with Gasteiger partial charge in [0, 0.05) is 17.4 Å². The van der Waals surface area contributed by atoms with Crippen LogP contribution in [0.1, 0.15) is 42.9 Å². The predicted octanol–water partition coefficient (Wildman–Crippen LogP) is 3.47. The zero-order valence-corrected chi connectivity index (χ0v) is 12.4. The van der Waals surface area contributed by atoms with E-state index in [9.17, 15) is 9.59 Å². The van der Waals surface area contributed by atoms with Crippen molar-refractivity contribution in [2.75, 3.05) is 0 Å². The second-order valence-electron chi connectivity index (χ2n) is 5.49. The highest BCUT2D eigenvalue weighted by atomic mass is 16.4. The Hall–Kier alpha value is -2.60. The summed E-state index contributed by atoms with van der Waals surface area (Å²) in [4.78, 5) is 23.0. The van der Waals surface area contributed by atoms with E-state index in [-0.39, 0.29) is 5.78 Å². The summed E-state index contributed by atoms with van der Waals surface area (Å²) in [6.45, 7) is 1.45. The number of hydrogen-bond donors (Lipinski definition) is 0. The third kappa shape index (κ3) is 3.01. The lowest BCUT2D eigenvalue weighted by Crippen LogP contribution is -2.04. The molecule has 0 N–H and O–H groups in total. The van der Waals surface area contributed by atoms with E-state index >= 15 is 0 Å². The minimum absolute atomic E-state index is 0.104. The first-order chi connectivity index (χ1) is 10.6. The third-order valence-corrected chi connectivity index (χ3v) is 3.70. The lowest BCUT2D eigenvalue weighted by molar-refractivity contribution is -0.112. The van der Waals surface area contributed by atoms with E-state index < -0.39 is 5.63 Å². The average Bonchev–Trinajstić information content (AvgIpc) is 2.45. The molecule has 0 atom stereocenters. The summed E-state index contributed by atoms with van der Waals surface area (Å²) in [5, 5.41) is 0.865. The van der Waals surface area contributed by atoms with Gasteiger partial charge in [0.05, 0.1) is 5.56 Å². The van der Waals surface area contributed by atoms with Crippen LogP contribution in [0.4, 0.5) is 0 Å². The maximum atomic E-state index is 12.0. The summed E-state index contributed by atoms with van der Waals surface area (Å²) < 4.78 is 5.38. The van der Waals surface area contributed by atoms with E-state index in [1.165, 1.54) is 24.6 Å². The Morgan fingerprint density at radius 1 is 1.27 bits per heavy atom. The number of aryl methyl sites for hydroxylation is 1. The highest BCUT2D eigenvalue weighted by Crippen LogP contribution is 2.22. The smallest absolute Gasteiger partial charge is 0.343 e. The number of carbonyl (C=O) groups excluding carboxylic acids is 1.